The summed E-state index contributed by atoms with van der Waals surface area (Å²) in [6, 6.07) is 23.7. The van der Waals surface area contributed by atoms with Gasteiger partial charge < -0.3 is 16.0 Å². The first kappa shape index (κ1) is 24.5. The minimum absolute atomic E-state index is 0. The van der Waals surface area contributed by atoms with Crippen molar-refractivity contribution in [2.45, 2.75) is 38.6 Å². The van der Waals surface area contributed by atoms with Gasteiger partial charge in [0, 0.05) is 30.9 Å². The second kappa shape index (κ2) is 11.1. The first-order valence-corrected chi connectivity index (χ1v) is 11.1. The van der Waals surface area contributed by atoms with Gasteiger partial charge in [-0.2, -0.15) is 0 Å². The van der Waals surface area contributed by atoms with E-state index in [1.54, 1.807) is 0 Å². The molecule has 5 nitrogen and oxygen atoms in total. The van der Waals surface area contributed by atoms with Gasteiger partial charge in [0.1, 0.15) is 0 Å². The zero-order chi connectivity index (χ0) is 22.5. The molecule has 3 N–H and O–H groups in total. The summed E-state index contributed by atoms with van der Waals surface area (Å²) in [6.07, 6.45) is 2.08. The van der Waals surface area contributed by atoms with E-state index in [1.165, 1.54) is 0 Å². The molecule has 1 heterocycles. The van der Waals surface area contributed by atoms with Crippen molar-refractivity contribution in [3.8, 4) is 0 Å². The molecule has 1 fully saturated rings. The largest absolute Gasteiger partial charge is 0.326 e. The molecule has 0 aliphatic carbocycles. The fourth-order valence-electron chi connectivity index (χ4n) is 4.33. The lowest BCUT2D eigenvalue weighted by atomic mass is 9.90. The number of aryl methyl sites for hydroxylation is 1. The van der Waals surface area contributed by atoms with E-state index < -0.39 is 0 Å². The minimum atomic E-state index is -0.329. The van der Waals surface area contributed by atoms with Crippen molar-refractivity contribution in [1.29, 1.82) is 0 Å². The molecule has 1 unspecified atom stereocenters. The quantitative estimate of drug-likeness (QED) is 0.519. The van der Waals surface area contributed by atoms with Crippen LogP contribution in [0.25, 0.3) is 0 Å². The number of rotatable bonds is 7. The van der Waals surface area contributed by atoms with Crippen LogP contribution >= 0.6 is 12.4 Å². The van der Waals surface area contributed by atoms with Crippen LogP contribution in [-0.4, -0.2) is 18.4 Å². The number of amides is 2. The Balaban J connectivity index is 0.00000306. The third-order valence-corrected chi connectivity index (χ3v) is 6.01. The van der Waals surface area contributed by atoms with Crippen molar-refractivity contribution in [1.82, 2.24) is 0 Å². The van der Waals surface area contributed by atoms with Gasteiger partial charge in [0.15, 0.2) is 0 Å². The molecule has 4 rings (SSSR count). The van der Waals surface area contributed by atoms with Gasteiger partial charge in [-0.3, -0.25) is 9.59 Å². The molecule has 0 saturated carbocycles. The first-order chi connectivity index (χ1) is 15.5. The predicted octanol–water partition coefficient (Wildman–Crippen LogP) is 4.97. The monoisotopic (exact) mass is 463 g/mol. The topological polar surface area (TPSA) is 75.4 Å². The Morgan fingerprint density at radius 2 is 1.79 bits per heavy atom. The smallest absolute Gasteiger partial charge is 0.232 e. The molecule has 0 bridgehead atoms. The van der Waals surface area contributed by atoms with E-state index in [2.05, 4.69) is 11.4 Å². The van der Waals surface area contributed by atoms with E-state index in [4.69, 9.17) is 5.73 Å². The summed E-state index contributed by atoms with van der Waals surface area (Å²) >= 11 is 0. The maximum absolute atomic E-state index is 13.4. The molecule has 0 spiro atoms. The summed E-state index contributed by atoms with van der Waals surface area (Å²) < 4.78 is 0. The minimum Gasteiger partial charge on any atom is -0.326 e. The highest BCUT2D eigenvalue weighted by Crippen LogP contribution is 2.29. The Bertz CT molecular complexity index is 1120. The fraction of sp³-hybridized carbons (Fsp3) is 0.259. The van der Waals surface area contributed by atoms with E-state index in [-0.39, 0.29) is 30.1 Å². The van der Waals surface area contributed by atoms with Crippen LogP contribution in [0.1, 0.15) is 41.0 Å². The molecule has 3 aromatic carbocycles. The molecule has 1 saturated heterocycles. The Hall–Kier alpha value is -3.15. The van der Waals surface area contributed by atoms with Crippen molar-refractivity contribution < 1.29 is 9.59 Å². The van der Waals surface area contributed by atoms with E-state index in [0.29, 0.717) is 19.4 Å². The number of benzene rings is 3. The number of nitrogens with one attached hydrogen (secondary N) is 1. The predicted molar refractivity (Wildman–Crippen MR) is 136 cm³/mol. The van der Waals surface area contributed by atoms with Crippen LogP contribution in [-0.2, 0) is 22.6 Å². The van der Waals surface area contributed by atoms with Crippen LogP contribution in [0.4, 0.5) is 11.4 Å². The van der Waals surface area contributed by atoms with Crippen molar-refractivity contribution in [2.24, 2.45) is 5.73 Å². The van der Waals surface area contributed by atoms with Gasteiger partial charge in [0.25, 0.3) is 0 Å². The second-order valence-corrected chi connectivity index (χ2v) is 8.33. The maximum Gasteiger partial charge on any atom is 0.232 e. The number of hydrogen-bond acceptors (Lipinski definition) is 3. The highest BCUT2D eigenvalue weighted by atomic mass is 35.5. The average molecular weight is 464 g/mol. The van der Waals surface area contributed by atoms with Crippen LogP contribution in [0.2, 0.25) is 0 Å². The third kappa shape index (κ3) is 5.81. The lowest BCUT2D eigenvalue weighted by molar-refractivity contribution is -0.118. The van der Waals surface area contributed by atoms with E-state index in [1.807, 2.05) is 78.6 Å². The summed E-state index contributed by atoms with van der Waals surface area (Å²) in [5, 5.41) is 3.09. The summed E-state index contributed by atoms with van der Waals surface area (Å²) in [5.74, 6) is -0.225. The number of nitrogens with zero attached hydrogens (tertiary/aromatic N) is 1. The van der Waals surface area contributed by atoms with Crippen molar-refractivity contribution in [3.05, 3.63) is 95.1 Å². The molecular formula is C27H30ClN3O2. The van der Waals surface area contributed by atoms with Gasteiger partial charge in [-0.1, -0.05) is 54.6 Å². The lowest BCUT2D eigenvalue weighted by Gasteiger charge is -2.21. The average Bonchev–Trinajstić information content (AvgIpc) is 3.23. The molecule has 2 amide bonds. The van der Waals surface area contributed by atoms with Crippen molar-refractivity contribution in [3.63, 3.8) is 0 Å². The van der Waals surface area contributed by atoms with Gasteiger partial charge in [0.05, 0.1) is 5.92 Å². The summed E-state index contributed by atoms with van der Waals surface area (Å²) in [5.41, 5.74) is 11.5. The standard InChI is InChI=1S/C27H29N3O2.ClH/c1-19-15-23(12-13-25(19)30-14-6-11-26(30)31)29-27(32)24(22-9-3-2-4-10-22)17-20-7-5-8-21(16-20)18-28;/h2-5,7-10,12-13,15-16,24H,6,11,14,17-18,28H2,1H3,(H,29,32);1H. The van der Waals surface area contributed by atoms with E-state index in [0.717, 1.165) is 46.6 Å². The molecule has 1 aliphatic rings. The third-order valence-electron chi connectivity index (χ3n) is 6.01. The number of anilines is 2. The zero-order valence-corrected chi connectivity index (χ0v) is 19.6. The SMILES string of the molecule is Cc1cc(NC(=O)C(Cc2cccc(CN)c2)c2ccccc2)ccc1N1CCCC1=O.Cl. The van der Waals surface area contributed by atoms with Gasteiger partial charge in [-0.25, -0.2) is 0 Å². The van der Waals surface area contributed by atoms with Crippen LogP contribution in [0, 0.1) is 6.92 Å². The molecule has 172 valence electrons. The number of carbonyl (C=O) groups excluding carboxylic acids is 2. The number of carbonyl (C=O) groups is 2. The number of nitrogens with two attached hydrogens (primary N) is 1. The normalized spacial score (nSPS) is 14.0. The Morgan fingerprint density at radius 3 is 2.45 bits per heavy atom. The zero-order valence-electron chi connectivity index (χ0n) is 18.8. The van der Waals surface area contributed by atoms with Crippen LogP contribution in [0.5, 0.6) is 0 Å². The van der Waals surface area contributed by atoms with Crippen LogP contribution < -0.4 is 16.0 Å². The molecular weight excluding hydrogens is 434 g/mol. The number of halogens is 1. The second-order valence-electron chi connectivity index (χ2n) is 8.33. The Labute approximate surface area is 201 Å². The first-order valence-electron chi connectivity index (χ1n) is 11.1. The van der Waals surface area contributed by atoms with Gasteiger partial charge in [-0.05, 0) is 60.2 Å². The summed E-state index contributed by atoms with van der Waals surface area (Å²) in [6.45, 7) is 3.20. The fourth-order valence-corrected chi connectivity index (χ4v) is 4.33. The highest BCUT2D eigenvalue weighted by Gasteiger charge is 2.24. The van der Waals surface area contributed by atoms with Gasteiger partial charge >= 0.3 is 0 Å². The van der Waals surface area contributed by atoms with Crippen LogP contribution in [0.15, 0.2) is 72.8 Å². The van der Waals surface area contributed by atoms with E-state index in [9.17, 15) is 9.59 Å². The van der Waals surface area contributed by atoms with Gasteiger partial charge in [-0.15, -0.1) is 12.4 Å². The lowest BCUT2D eigenvalue weighted by Crippen LogP contribution is -2.25. The number of hydrogen-bond donors (Lipinski definition) is 2. The molecule has 6 heteroatoms. The Kier molecular flexibility index (Phi) is 8.26. The summed E-state index contributed by atoms with van der Waals surface area (Å²) in [4.78, 5) is 27.3. The van der Waals surface area contributed by atoms with Crippen molar-refractivity contribution >= 4 is 35.6 Å². The molecule has 0 aromatic heterocycles. The Morgan fingerprint density at radius 1 is 1.03 bits per heavy atom. The highest BCUT2D eigenvalue weighted by molar-refractivity contribution is 5.98. The molecule has 1 atom stereocenters. The van der Waals surface area contributed by atoms with E-state index >= 15 is 0 Å². The molecule has 33 heavy (non-hydrogen) atoms. The maximum atomic E-state index is 13.4. The summed E-state index contributed by atoms with van der Waals surface area (Å²) in [7, 11) is 0. The van der Waals surface area contributed by atoms with Crippen LogP contribution in [0.3, 0.4) is 0 Å². The van der Waals surface area contributed by atoms with Crippen molar-refractivity contribution in [2.75, 3.05) is 16.8 Å². The molecule has 3 aromatic rings. The molecule has 0 radical (unpaired) electrons. The van der Waals surface area contributed by atoms with Gasteiger partial charge in [0.2, 0.25) is 11.8 Å². The molecule has 1 aliphatic heterocycles.